The molecule has 4 nitrogen and oxygen atoms in total. The van der Waals surface area contributed by atoms with Gasteiger partial charge in [0.2, 0.25) is 0 Å². The van der Waals surface area contributed by atoms with E-state index in [1.54, 1.807) is 4.57 Å². The van der Waals surface area contributed by atoms with Gasteiger partial charge in [0.15, 0.2) is 4.77 Å². The molecule has 2 heterocycles. The van der Waals surface area contributed by atoms with Crippen LogP contribution in [0.5, 0.6) is 0 Å². The number of fused-ring (bicyclic) bond motifs is 1. The molecule has 108 valence electrons. The predicted molar refractivity (Wildman–Crippen MR) is 84.1 cm³/mol. The maximum absolute atomic E-state index is 12.3. The van der Waals surface area contributed by atoms with Crippen molar-refractivity contribution in [3.8, 4) is 0 Å². The summed E-state index contributed by atoms with van der Waals surface area (Å²) in [4.78, 5) is 16.3. The number of nitrogens with one attached hydrogen (secondary N) is 1. The van der Waals surface area contributed by atoms with Crippen LogP contribution in [0.2, 0.25) is 0 Å². The first kappa shape index (κ1) is 14.0. The van der Waals surface area contributed by atoms with Gasteiger partial charge in [-0.3, -0.25) is 9.36 Å². The Morgan fingerprint density at radius 1 is 1.40 bits per heavy atom. The summed E-state index contributed by atoms with van der Waals surface area (Å²) < 4.78 is 7.96. The molecule has 1 aliphatic carbocycles. The third-order valence-corrected chi connectivity index (χ3v) is 4.98. The van der Waals surface area contributed by atoms with Crippen molar-refractivity contribution < 1.29 is 4.74 Å². The molecule has 1 saturated carbocycles. The Balaban J connectivity index is 1.70. The van der Waals surface area contributed by atoms with Crippen molar-refractivity contribution in [2.75, 3.05) is 6.61 Å². The lowest BCUT2D eigenvalue weighted by atomic mass is 9.98. The van der Waals surface area contributed by atoms with Gasteiger partial charge in [-0.25, -0.2) is 0 Å². The normalized spacial score (nSPS) is 16.8. The monoisotopic (exact) mass is 310 g/mol. The number of aromatic amines is 1. The Morgan fingerprint density at radius 3 is 3.00 bits per heavy atom. The average Bonchev–Trinajstić information content (AvgIpc) is 2.92. The van der Waals surface area contributed by atoms with Crippen LogP contribution in [0.3, 0.4) is 0 Å². The van der Waals surface area contributed by atoms with E-state index in [1.807, 2.05) is 11.4 Å². The van der Waals surface area contributed by atoms with Crippen molar-refractivity contribution in [3.63, 3.8) is 0 Å². The smallest absolute Gasteiger partial charge is 0.263 e. The highest BCUT2D eigenvalue weighted by molar-refractivity contribution is 7.71. The van der Waals surface area contributed by atoms with Crippen LogP contribution in [-0.4, -0.2) is 22.3 Å². The van der Waals surface area contributed by atoms with Crippen LogP contribution >= 0.6 is 23.6 Å². The van der Waals surface area contributed by atoms with E-state index in [-0.39, 0.29) is 5.56 Å². The Hall–Kier alpha value is -0.980. The summed E-state index contributed by atoms with van der Waals surface area (Å²) in [5, 5.41) is 2.61. The quantitative estimate of drug-likeness (QED) is 0.880. The zero-order valence-electron chi connectivity index (χ0n) is 11.3. The first-order valence-electron chi connectivity index (χ1n) is 7.07. The van der Waals surface area contributed by atoms with Crippen molar-refractivity contribution in [2.24, 2.45) is 0 Å². The number of thiophene rings is 1. The average molecular weight is 310 g/mol. The van der Waals surface area contributed by atoms with Gasteiger partial charge in [0.05, 0.1) is 24.6 Å². The van der Waals surface area contributed by atoms with Gasteiger partial charge in [0.25, 0.3) is 5.56 Å². The molecule has 0 aromatic carbocycles. The van der Waals surface area contributed by atoms with Crippen molar-refractivity contribution in [1.82, 2.24) is 9.55 Å². The summed E-state index contributed by atoms with van der Waals surface area (Å²) >= 11 is 6.77. The van der Waals surface area contributed by atoms with Crippen molar-refractivity contribution in [2.45, 2.75) is 44.8 Å². The van der Waals surface area contributed by atoms with Gasteiger partial charge in [-0.15, -0.1) is 11.3 Å². The molecule has 0 spiro atoms. The number of nitrogens with zero attached hydrogens (tertiary/aromatic N) is 1. The number of ether oxygens (including phenoxy) is 1. The molecule has 20 heavy (non-hydrogen) atoms. The van der Waals surface area contributed by atoms with Crippen molar-refractivity contribution in [3.05, 3.63) is 26.6 Å². The Bertz CT molecular complexity index is 695. The first-order valence-corrected chi connectivity index (χ1v) is 8.36. The maximum Gasteiger partial charge on any atom is 0.263 e. The minimum Gasteiger partial charge on any atom is -0.376 e. The van der Waals surface area contributed by atoms with Crippen LogP contribution in [0, 0.1) is 4.77 Å². The van der Waals surface area contributed by atoms with Crippen LogP contribution in [0.15, 0.2) is 16.2 Å². The van der Waals surface area contributed by atoms with Gasteiger partial charge in [0, 0.05) is 0 Å². The number of aromatic nitrogens is 2. The standard InChI is InChI=1S/C14H18N2O2S2/c17-13-11-6-9-20-12(11)15-14(19)16(13)7-8-18-10-4-2-1-3-5-10/h6,9-10H,1-5,7-8H2,(H,15,19). The second-order valence-electron chi connectivity index (χ2n) is 5.18. The lowest BCUT2D eigenvalue weighted by Crippen LogP contribution is -2.26. The summed E-state index contributed by atoms with van der Waals surface area (Å²) in [7, 11) is 0. The van der Waals surface area contributed by atoms with Gasteiger partial charge < -0.3 is 9.72 Å². The Labute approximate surface area is 126 Å². The predicted octanol–water partition coefficient (Wildman–Crippen LogP) is 3.47. The number of hydrogen-bond acceptors (Lipinski definition) is 4. The van der Waals surface area contributed by atoms with Crippen LogP contribution in [-0.2, 0) is 11.3 Å². The molecule has 0 saturated heterocycles. The Morgan fingerprint density at radius 2 is 2.20 bits per heavy atom. The summed E-state index contributed by atoms with van der Waals surface area (Å²) in [5.74, 6) is 0. The van der Waals surface area contributed by atoms with E-state index in [1.165, 1.54) is 30.6 Å². The van der Waals surface area contributed by atoms with Crippen LogP contribution in [0.25, 0.3) is 10.2 Å². The van der Waals surface area contributed by atoms with E-state index in [0.717, 1.165) is 17.7 Å². The third-order valence-electron chi connectivity index (χ3n) is 3.83. The number of H-pyrrole nitrogens is 1. The molecule has 0 unspecified atom stereocenters. The molecule has 0 atom stereocenters. The zero-order chi connectivity index (χ0) is 13.9. The van der Waals surface area contributed by atoms with Crippen LogP contribution in [0.1, 0.15) is 32.1 Å². The highest BCUT2D eigenvalue weighted by atomic mass is 32.1. The van der Waals surface area contributed by atoms with E-state index < -0.39 is 0 Å². The second kappa shape index (κ2) is 6.20. The van der Waals surface area contributed by atoms with Gasteiger partial charge in [-0.05, 0) is 36.5 Å². The van der Waals surface area contributed by atoms with Crippen molar-refractivity contribution in [1.29, 1.82) is 0 Å². The fraction of sp³-hybridized carbons (Fsp3) is 0.571. The Kier molecular flexibility index (Phi) is 4.33. The first-order chi connectivity index (χ1) is 9.75. The second-order valence-corrected chi connectivity index (χ2v) is 6.48. The molecule has 1 N–H and O–H groups in total. The van der Waals surface area contributed by atoms with Gasteiger partial charge in [0.1, 0.15) is 4.83 Å². The van der Waals surface area contributed by atoms with E-state index in [9.17, 15) is 4.79 Å². The lowest BCUT2D eigenvalue weighted by Gasteiger charge is -2.22. The van der Waals surface area contributed by atoms with E-state index in [4.69, 9.17) is 17.0 Å². The lowest BCUT2D eigenvalue weighted by molar-refractivity contribution is 0.0235. The molecule has 0 radical (unpaired) electrons. The molecule has 2 aromatic heterocycles. The van der Waals surface area contributed by atoms with Crippen LogP contribution < -0.4 is 5.56 Å². The molecule has 2 aromatic rings. The molecule has 6 heteroatoms. The van der Waals surface area contributed by atoms with Gasteiger partial charge >= 0.3 is 0 Å². The van der Waals surface area contributed by atoms with E-state index in [0.29, 0.717) is 29.4 Å². The highest BCUT2D eigenvalue weighted by Gasteiger charge is 2.14. The maximum atomic E-state index is 12.3. The van der Waals surface area contributed by atoms with Crippen LogP contribution in [0.4, 0.5) is 0 Å². The molecule has 0 bridgehead atoms. The SMILES string of the molecule is O=c1c2ccsc2[nH]c(=S)n1CCOC1CCCCC1. The van der Waals surface area contributed by atoms with E-state index in [2.05, 4.69) is 4.98 Å². The minimum absolute atomic E-state index is 0.0164. The van der Waals surface area contributed by atoms with E-state index >= 15 is 0 Å². The summed E-state index contributed by atoms with van der Waals surface area (Å²) in [6.45, 7) is 1.08. The van der Waals surface area contributed by atoms with Gasteiger partial charge in [-0.1, -0.05) is 19.3 Å². The topological polar surface area (TPSA) is 47.0 Å². The molecule has 1 fully saturated rings. The fourth-order valence-electron chi connectivity index (χ4n) is 2.72. The summed E-state index contributed by atoms with van der Waals surface area (Å²) in [6, 6.07) is 1.84. The van der Waals surface area contributed by atoms with Gasteiger partial charge in [-0.2, -0.15) is 0 Å². The molecule has 0 aliphatic heterocycles. The zero-order valence-corrected chi connectivity index (χ0v) is 12.9. The largest absolute Gasteiger partial charge is 0.376 e. The molecular formula is C14H18N2O2S2. The molecule has 1 aliphatic rings. The minimum atomic E-state index is -0.0164. The van der Waals surface area contributed by atoms with Crippen molar-refractivity contribution >= 4 is 33.8 Å². The highest BCUT2D eigenvalue weighted by Crippen LogP contribution is 2.20. The summed E-state index contributed by atoms with van der Waals surface area (Å²) in [6.07, 6.45) is 6.48. The molecule has 0 amide bonds. The molecular weight excluding hydrogens is 292 g/mol. The number of hydrogen-bond donors (Lipinski definition) is 1. The number of rotatable bonds is 4. The third kappa shape index (κ3) is 2.87. The summed E-state index contributed by atoms with van der Waals surface area (Å²) in [5.41, 5.74) is -0.0164. The molecule has 3 rings (SSSR count). The fourth-order valence-corrected chi connectivity index (χ4v) is 3.84.